The van der Waals surface area contributed by atoms with E-state index in [4.69, 9.17) is 9.47 Å². The van der Waals surface area contributed by atoms with Crippen molar-refractivity contribution < 1.29 is 18.7 Å². The monoisotopic (exact) mass is 312 g/mol. The van der Waals surface area contributed by atoms with E-state index >= 15 is 0 Å². The third-order valence-electron chi connectivity index (χ3n) is 4.03. The molecule has 0 saturated carbocycles. The molecule has 0 atom stereocenters. The molecule has 0 aromatic heterocycles. The summed E-state index contributed by atoms with van der Waals surface area (Å²) in [5.74, 6) is -0.0396. The van der Waals surface area contributed by atoms with Gasteiger partial charge in [-0.05, 0) is 54.8 Å². The molecule has 0 unspecified atom stereocenters. The van der Waals surface area contributed by atoms with Crippen molar-refractivity contribution >= 4 is 11.5 Å². The minimum Gasteiger partial charge on any atom is -0.489 e. The fourth-order valence-corrected chi connectivity index (χ4v) is 2.78. The zero-order valence-electron chi connectivity index (χ0n) is 13.3. The molecule has 1 aliphatic rings. The van der Waals surface area contributed by atoms with E-state index < -0.39 is 5.97 Å². The molecule has 3 rings (SSSR count). The molecule has 23 heavy (non-hydrogen) atoms. The van der Waals surface area contributed by atoms with Gasteiger partial charge in [-0.1, -0.05) is 12.1 Å². The zero-order valence-corrected chi connectivity index (χ0v) is 13.3. The van der Waals surface area contributed by atoms with Gasteiger partial charge in [0.25, 0.3) is 0 Å². The van der Waals surface area contributed by atoms with Crippen LogP contribution in [0.1, 0.15) is 32.6 Å². The highest BCUT2D eigenvalue weighted by atomic mass is 19.1. The molecule has 0 spiro atoms. The number of rotatable bonds is 2. The molecular formula is C19H17FO3. The number of hydrogen-bond acceptors (Lipinski definition) is 3. The van der Waals surface area contributed by atoms with E-state index in [1.807, 2.05) is 19.1 Å². The summed E-state index contributed by atoms with van der Waals surface area (Å²) in [7, 11) is 1.33. The number of hydrogen-bond donors (Lipinski definition) is 0. The lowest BCUT2D eigenvalue weighted by Crippen LogP contribution is -2.10. The van der Waals surface area contributed by atoms with Crippen LogP contribution in [0.15, 0.2) is 36.4 Å². The van der Waals surface area contributed by atoms with Gasteiger partial charge < -0.3 is 9.47 Å². The Balaban J connectivity index is 2.20. The second kappa shape index (κ2) is 5.88. The standard InChI is InChI=1S/C19H17FO3/c1-11-4-5-12(2)18(20)17(11)14-8-9-23-16-7-6-13(10-15(14)16)19(21)22-3/h4-8,10H,9H2,1-3H3. The van der Waals surface area contributed by atoms with E-state index in [1.165, 1.54) is 7.11 Å². The lowest BCUT2D eigenvalue weighted by atomic mass is 9.90. The van der Waals surface area contributed by atoms with Crippen LogP contribution >= 0.6 is 0 Å². The molecule has 2 aromatic rings. The molecular weight excluding hydrogens is 295 g/mol. The average Bonchev–Trinajstić information content (AvgIpc) is 2.57. The van der Waals surface area contributed by atoms with Crippen molar-refractivity contribution in [2.45, 2.75) is 13.8 Å². The molecule has 1 heterocycles. The van der Waals surface area contributed by atoms with Gasteiger partial charge >= 0.3 is 5.97 Å². The maximum atomic E-state index is 14.7. The van der Waals surface area contributed by atoms with Gasteiger partial charge in [0.2, 0.25) is 0 Å². The van der Waals surface area contributed by atoms with Gasteiger partial charge in [-0.3, -0.25) is 0 Å². The van der Waals surface area contributed by atoms with Gasteiger partial charge in [0, 0.05) is 11.1 Å². The van der Waals surface area contributed by atoms with Crippen LogP contribution in [0.2, 0.25) is 0 Å². The van der Waals surface area contributed by atoms with Crippen LogP contribution in [0, 0.1) is 19.7 Å². The molecule has 118 valence electrons. The molecule has 0 fully saturated rings. The summed E-state index contributed by atoms with van der Waals surface area (Å²) in [5, 5.41) is 0. The number of benzene rings is 2. The molecule has 0 amide bonds. The number of carbonyl (C=O) groups excluding carboxylic acids is 1. The molecule has 4 heteroatoms. The molecule has 1 aliphatic heterocycles. The van der Waals surface area contributed by atoms with Crippen molar-refractivity contribution in [3.05, 3.63) is 70.0 Å². The highest BCUT2D eigenvalue weighted by Crippen LogP contribution is 2.38. The minimum atomic E-state index is -0.431. The van der Waals surface area contributed by atoms with Crippen molar-refractivity contribution in [3.63, 3.8) is 0 Å². The third-order valence-corrected chi connectivity index (χ3v) is 4.03. The van der Waals surface area contributed by atoms with Crippen LogP contribution in [0.5, 0.6) is 5.75 Å². The number of methoxy groups -OCH3 is 1. The van der Waals surface area contributed by atoms with Crippen molar-refractivity contribution in [2.75, 3.05) is 13.7 Å². The Morgan fingerprint density at radius 2 is 1.91 bits per heavy atom. The van der Waals surface area contributed by atoms with E-state index in [0.717, 1.165) is 11.1 Å². The van der Waals surface area contributed by atoms with E-state index in [-0.39, 0.29) is 5.82 Å². The smallest absolute Gasteiger partial charge is 0.337 e. The first-order valence-electron chi connectivity index (χ1n) is 7.34. The Bertz CT molecular complexity index is 822. The first-order valence-corrected chi connectivity index (χ1v) is 7.34. The molecule has 0 saturated heterocycles. The van der Waals surface area contributed by atoms with Crippen molar-refractivity contribution in [3.8, 4) is 5.75 Å². The Kier molecular flexibility index (Phi) is 3.90. The number of aryl methyl sites for hydroxylation is 2. The van der Waals surface area contributed by atoms with Crippen LogP contribution in [-0.4, -0.2) is 19.7 Å². The van der Waals surface area contributed by atoms with Gasteiger partial charge in [-0.15, -0.1) is 0 Å². The summed E-state index contributed by atoms with van der Waals surface area (Å²) in [6.45, 7) is 3.98. The fourth-order valence-electron chi connectivity index (χ4n) is 2.78. The largest absolute Gasteiger partial charge is 0.489 e. The number of fused-ring (bicyclic) bond motifs is 1. The summed E-state index contributed by atoms with van der Waals surface area (Å²) in [4.78, 5) is 11.8. The highest BCUT2D eigenvalue weighted by Gasteiger charge is 2.22. The minimum absolute atomic E-state index is 0.243. The first-order chi connectivity index (χ1) is 11.0. The van der Waals surface area contributed by atoms with E-state index in [2.05, 4.69) is 0 Å². The quantitative estimate of drug-likeness (QED) is 0.785. The van der Waals surface area contributed by atoms with Crippen LogP contribution in [0.3, 0.4) is 0 Å². The van der Waals surface area contributed by atoms with Crippen LogP contribution in [-0.2, 0) is 4.74 Å². The number of esters is 1. The van der Waals surface area contributed by atoms with Crippen LogP contribution in [0.4, 0.5) is 4.39 Å². The van der Waals surface area contributed by atoms with Gasteiger partial charge in [-0.25, -0.2) is 9.18 Å². The Hall–Kier alpha value is -2.62. The summed E-state index contributed by atoms with van der Waals surface area (Å²) in [6.07, 6.45) is 1.84. The van der Waals surface area contributed by atoms with Crippen molar-refractivity contribution in [1.82, 2.24) is 0 Å². The van der Waals surface area contributed by atoms with E-state index in [9.17, 15) is 9.18 Å². The topological polar surface area (TPSA) is 35.5 Å². The molecule has 0 aliphatic carbocycles. The molecule has 0 bridgehead atoms. The lowest BCUT2D eigenvalue weighted by molar-refractivity contribution is 0.0600. The molecule has 0 N–H and O–H groups in total. The third kappa shape index (κ3) is 2.61. The number of halogens is 1. The predicted octanol–water partition coefficient (Wildman–Crippen LogP) is 4.05. The van der Waals surface area contributed by atoms with Gasteiger partial charge in [0.15, 0.2) is 0 Å². The Labute approximate surface area is 134 Å². The number of ether oxygens (including phenoxy) is 2. The Morgan fingerprint density at radius 3 is 2.65 bits per heavy atom. The van der Waals surface area contributed by atoms with Crippen LogP contribution < -0.4 is 4.74 Å². The summed E-state index contributed by atoms with van der Waals surface area (Å²) >= 11 is 0. The second-order valence-electron chi connectivity index (χ2n) is 5.52. The second-order valence-corrected chi connectivity index (χ2v) is 5.52. The molecule has 3 nitrogen and oxygen atoms in total. The predicted molar refractivity (Wildman–Crippen MR) is 86.2 cm³/mol. The summed E-state index contributed by atoms with van der Waals surface area (Å²) in [5.41, 5.74) is 3.84. The van der Waals surface area contributed by atoms with Gasteiger partial charge in [0.1, 0.15) is 18.2 Å². The lowest BCUT2D eigenvalue weighted by Gasteiger charge is -2.21. The molecule has 0 radical (unpaired) electrons. The average molecular weight is 312 g/mol. The summed E-state index contributed by atoms with van der Waals surface area (Å²) < 4.78 is 25.1. The highest BCUT2D eigenvalue weighted by molar-refractivity contribution is 5.93. The van der Waals surface area contributed by atoms with Gasteiger partial charge in [0.05, 0.1) is 12.7 Å². The first kappa shape index (κ1) is 15.3. The number of carbonyl (C=O) groups is 1. The van der Waals surface area contributed by atoms with Crippen LogP contribution in [0.25, 0.3) is 5.57 Å². The zero-order chi connectivity index (χ0) is 16.6. The maximum Gasteiger partial charge on any atom is 0.337 e. The van der Waals surface area contributed by atoms with E-state index in [1.54, 1.807) is 31.2 Å². The summed E-state index contributed by atoms with van der Waals surface area (Å²) in [6, 6.07) is 8.71. The normalized spacial score (nSPS) is 13.0. The fraction of sp³-hybridized carbons (Fsp3) is 0.211. The van der Waals surface area contributed by atoms with Crippen molar-refractivity contribution in [1.29, 1.82) is 0 Å². The maximum absolute atomic E-state index is 14.7. The van der Waals surface area contributed by atoms with E-state index in [0.29, 0.717) is 34.6 Å². The van der Waals surface area contributed by atoms with Gasteiger partial charge in [-0.2, -0.15) is 0 Å². The molecule has 2 aromatic carbocycles. The van der Waals surface area contributed by atoms with Crippen molar-refractivity contribution in [2.24, 2.45) is 0 Å². The SMILES string of the molecule is COC(=O)c1ccc2c(c1)C(c1c(C)ccc(C)c1F)=CCO2. The Morgan fingerprint density at radius 1 is 1.17 bits per heavy atom.